The van der Waals surface area contributed by atoms with Crippen molar-refractivity contribution in [3.8, 4) is 0 Å². The average molecular weight is 269 g/mol. The highest BCUT2D eigenvalue weighted by Gasteiger charge is 2.48. The van der Waals surface area contributed by atoms with Gasteiger partial charge < -0.3 is 4.74 Å². The van der Waals surface area contributed by atoms with Gasteiger partial charge in [-0.05, 0) is 31.6 Å². The molecule has 0 aliphatic carbocycles. The summed E-state index contributed by atoms with van der Waals surface area (Å²) in [6.45, 7) is 7.25. The van der Waals surface area contributed by atoms with Crippen LogP contribution in [0.25, 0.3) is 0 Å². The summed E-state index contributed by atoms with van der Waals surface area (Å²) in [6.07, 6.45) is 5.99. The zero-order valence-corrected chi connectivity index (χ0v) is 12.4. The Hall–Kier alpha value is -0.610. The molecule has 0 N–H and O–H groups in total. The van der Waals surface area contributed by atoms with Crippen molar-refractivity contribution in [3.63, 3.8) is 0 Å². The van der Waals surface area contributed by atoms with E-state index >= 15 is 0 Å². The Labute approximate surface area is 116 Å². The molecule has 0 radical (unpaired) electrons. The molecule has 19 heavy (non-hydrogen) atoms. The normalized spacial score (nSPS) is 31.7. The first kappa shape index (κ1) is 14.8. The van der Waals surface area contributed by atoms with Crippen molar-refractivity contribution in [2.45, 2.75) is 71.6 Å². The van der Waals surface area contributed by atoms with Gasteiger partial charge in [0, 0.05) is 13.0 Å². The Morgan fingerprint density at radius 1 is 1.42 bits per heavy atom. The molecule has 2 aliphatic heterocycles. The van der Waals surface area contributed by atoms with Gasteiger partial charge in [-0.2, -0.15) is 0 Å². The van der Waals surface area contributed by atoms with Crippen LogP contribution in [0.15, 0.2) is 0 Å². The highest BCUT2D eigenvalue weighted by molar-refractivity contribution is 5.84. The van der Waals surface area contributed by atoms with Crippen LogP contribution < -0.4 is 0 Å². The molecule has 1 amide bonds. The second kappa shape index (κ2) is 6.71. The van der Waals surface area contributed by atoms with Crippen LogP contribution in [0, 0.1) is 11.8 Å². The minimum Gasteiger partial charge on any atom is -0.350 e. The van der Waals surface area contributed by atoms with E-state index in [4.69, 9.17) is 9.57 Å². The number of β-lactam (4-membered cyclic amide) rings is 1. The summed E-state index contributed by atoms with van der Waals surface area (Å²) in [5.74, 6) is 0.867. The number of rotatable bonds is 6. The van der Waals surface area contributed by atoms with Gasteiger partial charge in [0.25, 0.3) is 5.91 Å². The molecule has 0 aromatic rings. The summed E-state index contributed by atoms with van der Waals surface area (Å²) in [6, 6.07) is 0.255. The molecular formula is C15H27NO3. The summed E-state index contributed by atoms with van der Waals surface area (Å²) in [5.41, 5.74) is 0. The predicted molar refractivity (Wildman–Crippen MR) is 73.2 cm³/mol. The fourth-order valence-electron chi connectivity index (χ4n) is 3.00. The fraction of sp³-hybridized carbons (Fsp3) is 0.933. The number of hydrogen-bond donors (Lipinski definition) is 0. The van der Waals surface area contributed by atoms with Crippen LogP contribution in [0.4, 0.5) is 0 Å². The van der Waals surface area contributed by atoms with E-state index < -0.39 is 0 Å². The maximum Gasteiger partial charge on any atom is 0.251 e. The summed E-state index contributed by atoms with van der Waals surface area (Å²) in [5, 5.41) is 1.60. The molecule has 110 valence electrons. The maximum absolute atomic E-state index is 12.2. The van der Waals surface area contributed by atoms with Crippen molar-refractivity contribution < 1.29 is 14.4 Å². The first-order valence-corrected chi connectivity index (χ1v) is 7.75. The zero-order chi connectivity index (χ0) is 13.8. The van der Waals surface area contributed by atoms with Crippen molar-refractivity contribution in [1.82, 2.24) is 5.06 Å². The molecule has 2 rings (SSSR count). The second-order valence-electron chi connectivity index (χ2n) is 6.16. The van der Waals surface area contributed by atoms with Gasteiger partial charge in [-0.15, -0.1) is 0 Å². The van der Waals surface area contributed by atoms with Gasteiger partial charge in [0.15, 0.2) is 6.29 Å². The largest absolute Gasteiger partial charge is 0.350 e. The molecule has 0 bridgehead atoms. The average Bonchev–Trinajstić information content (AvgIpc) is 2.41. The summed E-state index contributed by atoms with van der Waals surface area (Å²) in [4.78, 5) is 18.0. The van der Waals surface area contributed by atoms with Gasteiger partial charge in [0.1, 0.15) is 0 Å². The van der Waals surface area contributed by atoms with Crippen molar-refractivity contribution in [2.24, 2.45) is 11.8 Å². The van der Waals surface area contributed by atoms with Crippen LogP contribution in [0.1, 0.15) is 59.3 Å². The van der Waals surface area contributed by atoms with E-state index in [1.807, 2.05) is 0 Å². The topological polar surface area (TPSA) is 38.8 Å². The van der Waals surface area contributed by atoms with Crippen molar-refractivity contribution >= 4 is 5.91 Å². The van der Waals surface area contributed by atoms with Crippen LogP contribution >= 0.6 is 0 Å². The van der Waals surface area contributed by atoms with E-state index in [9.17, 15) is 4.79 Å². The fourth-order valence-corrected chi connectivity index (χ4v) is 3.00. The number of amides is 1. The van der Waals surface area contributed by atoms with Gasteiger partial charge in [0.05, 0.1) is 12.0 Å². The quantitative estimate of drug-likeness (QED) is 0.695. The highest BCUT2D eigenvalue weighted by atomic mass is 16.8. The van der Waals surface area contributed by atoms with E-state index in [0.29, 0.717) is 5.92 Å². The molecule has 2 fully saturated rings. The molecular weight excluding hydrogens is 242 g/mol. The smallest absolute Gasteiger partial charge is 0.251 e. The zero-order valence-electron chi connectivity index (χ0n) is 12.4. The number of hydrogen-bond acceptors (Lipinski definition) is 3. The molecule has 0 aromatic carbocycles. The molecule has 0 aromatic heterocycles. The van der Waals surface area contributed by atoms with Crippen molar-refractivity contribution in [3.05, 3.63) is 0 Å². The summed E-state index contributed by atoms with van der Waals surface area (Å²) >= 11 is 0. The summed E-state index contributed by atoms with van der Waals surface area (Å²) in [7, 11) is 0. The number of carbonyl (C=O) groups excluding carboxylic acids is 1. The molecule has 2 saturated heterocycles. The Kier molecular flexibility index (Phi) is 5.22. The standard InChI is InChI=1S/C15H27NO3/c1-4-7-13-12(10-11(2)3)15(17)16(13)19-14-8-5-6-9-18-14/h11-14H,4-10H2,1-3H3. The Morgan fingerprint density at radius 3 is 2.79 bits per heavy atom. The van der Waals surface area contributed by atoms with Gasteiger partial charge in [-0.3, -0.25) is 4.79 Å². The van der Waals surface area contributed by atoms with Gasteiger partial charge in [-0.25, -0.2) is 9.90 Å². The lowest BCUT2D eigenvalue weighted by Crippen LogP contribution is -2.62. The lowest BCUT2D eigenvalue weighted by Gasteiger charge is -2.47. The Balaban J connectivity index is 1.89. The highest BCUT2D eigenvalue weighted by Crippen LogP contribution is 2.36. The van der Waals surface area contributed by atoms with E-state index in [-0.39, 0.29) is 24.2 Å². The van der Waals surface area contributed by atoms with Crippen molar-refractivity contribution in [2.75, 3.05) is 6.61 Å². The minimum atomic E-state index is -0.211. The van der Waals surface area contributed by atoms with E-state index in [1.54, 1.807) is 5.06 Å². The van der Waals surface area contributed by atoms with Crippen molar-refractivity contribution in [1.29, 1.82) is 0 Å². The minimum absolute atomic E-state index is 0.154. The van der Waals surface area contributed by atoms with Crippen LogP contribution in [0.2, 0.25) is 0 Å². The lowest BCUT2D eigenvalue weighted by molar-refractivity contribution is -0.320. The van der Waals surface area contributed by atoms with E-state index in [2.05, 4.69) is 20.8 Å². The van der Waals surface area contributed by atoms with Crippen LogP contribution in [0.5, 0.6) is 0 Å². The first-order valence-electron chi connectivity index (χ1n) is 7.75. The van der Waals surface area contributed by atoms with Crippen LogP contribution in [-0.2, 0) is 14.4 Å². The molecule has 4 heteroatoms. The van der Waals surface area contributed by atoms with E-state index in [1.165, 1.54) is 0 Å². The maximum atomic E-state index is 12.2. The number of ether oxygens (including phenoxy) is 1. The number of hydroxylamine groups is 2. The second-order valence-corrected chi connectivity index (χ2v) is 6.16. The predicted octanol–water partition coefficient (Wildman–Crippen LogP) is 3.12. The molecule has 0 spiro atoms. The third-order valence-electron chi connectivity index (χ3n) is 3.98. The lowest BCUT2D eigenvalue weighted by atomic mass is 9.81. The molecule has 3 unspecified atom stereocenters. The molecule has 2 heterocycles. The SMILES string of the molecule is CCCC1C(CC(C)C)C(=O)N1OC1CCCCO1. The third-order valence-corrected chi connectivity index (χ3v) is 3.98. The molecule has 0 saturated carbocycles. The molecule has 2 aliphatic rings. The van der Waals surface area contributed by atoms with E-state index in [0.717, 1.165) is 45.1 Å². The monoisotopic (exact) mass is 269 g/mol. The Bertz CT molecular complexity index is 300. The van der Waals surface area contributed by atoms with Crippen LogP contribution in [-0.4, -0.2) is 29.9 Å². The number of carbonyl (C=O) groups is 1. The van der Waals surface area contributed by atoms with Gasteiger partial charge in [0.2, 0.25) is 0 Å². The van der Waals surface area contributed by atoms with Gasteiger partial charge >= 0.3 is 0 Å². The summed E-state index contributed by atoms with van der Waals surface area (Å²) < 4.78 is 5.56. The third kappa shape index (κ3) is 3.48. The number of nitrogens with zero attached hydrogens (tertiary/aromatic N) is 1. The molecule has 4 nitrogen and oxygen atoms in total. The molecule has 3 atom stereocenters. The van der Waals surface area contributed by atoms with Gasteiger partial charge in [-0.1, -0.05) is 27.2 Å². The van der Waals surface area contributed by atoms with Crippen LogP contribution in [0.3, 0.4) is 0 Å². The Morgan fingerprint density at radius 2 is 2.21 bits per heavy atom. The first-order chi connectivity index (χ1) is 9.13.